The summed E-state index contributed by atoms with van der Waals surface area (Å²) in [5.74, 6) is 0.913. The van der Waals surface area contributed by atoms with Crippen LogP contribution < -0.4 is 0 Å². The highest BCUT2D eigenvalue weighted by Gasteiger charge is 2.34. The first-order valence-electron chi connectivity index (χ1n) is 10.5. The molecule has 0 spiro atoms. The van der Waals surface area contributed by atoms with Crippen molar-refractivity contribution < 1.29 is 17.6 Å². The molecule has 30 heavy (non-hydrogen) atoms. The van der Waals surface area contributed by atoms with Gasteiger partial charge in [0.05, 0.1) is 24.2 Å². The highest BCUT2D eigenvalue weighted by Crippen LogP contribution is 2.28. The smallest absolute Gasteiger partial charge is 0.243 e. The summed E-state index contributed by atoms with van der Waals surface area (Å²) in [5.41, 5.74) is 2.03. The van der Waals surface area contributed by atoms with Crippen molar-refractivity contribution in [2.45, 2.75) is 44.2 Å². The van der Waals surface area contributed by atoms with Gasteiger partial charge in [0, 0.05) is 32.2 Å². The molecule has 1 saturated carbocycles. The van der Waals surface area contributed by atoms with Crippen LogP contribution in [0.4, 0.5) is 0 Å². The second-order valence-electron chi connectivity index (χ2n) is 8.25. The lowest BCUT2D eigenvalue weighted by Crippen LogP contribution is -2.52. The summed E-state index contributed by atoms with van der Waals surface area (Å²) in [6.45, 7) is 6.33. The van der Waals surface area contributed by atoms with Gasteiger partial charge >= 0.3 is 0 Å². The summed E-state index contributed by atoms with van der Waals surface area (Å²) in [4.78, 5) is 17.1. The van der Waals surface area contributed by atoms with E-state index in [1.807, 2.05) is 32.0 Å². The van der Waals surface area contributed by atoms with E-state index in [1.165, 1.54) is 4.31 Å². The Labute approximate surface area is 178 Å². The van der Waals surface area contributed by atoms with Crippen molar-refractivity contribution in [3.63, 3.8) is 0 Å². The zero-order chi connectivity index (χ0) is 21.3. The normalized spacial score (nSPS) is 18.2. The fourth-order valence-corrected chi connectivity index (χ4v) is 5.34. The average molecular weight is 432 g/mol. The average Bonchev–Trinajstić information content (AvgIpc) is 3.46. The van der Waals surface area contributed by atoms with E-state index in [1.54, 1.807) is 23.3 Å². The molecule has 1 amide bonds. The number of piperazine rings is 1. The molecule has 0 radical (unpaired) electrons. The number of furan rings is 1. The quantitative estimate of drug-likeness (QED) is 0.673. The summed E-state index contributed by atoms with van der Waals surface area (Å²) < 4.78 is 32.9. The maximum Gasteiger partial charge on any atom is 0.243 e. The van der Waals surface area contributed by atoms with Gasteiger partial charge in [0.1, 0.15) is 5.76 Å². The van der Waals surface area contributed by atoms with Gasteiger partial charge in [0.2, 0.25) is 15.9 Å². The number of amides is 1. The minimum absolute atomic E-state index is 0.0525. The Morgan fingerprint density at radius 1 is 1.10 bits per heavy atom. The van der Waals surface area contributed by atoms with Crippen LogP contribution in [0.5, 0.6) is 0 Å². The predicted octanol–water partition coefficient (Wildman–Crippen LogP) is 2.39. The Morgan fingerprint density at radius 3 is 2.43 bits per heavy atom. The molecule has 1 saturated heterocycles. The van der Waals surface area contributed by atoms with E-state index >= 15 is 0 Å². The van der Waals surface area contributed by atoms with E-state index < -0.39 is 10.0 Å². The summed E-state index contributed by atoms with van der Waals surface area (Å²) >= 11 is 0. The molecule has 162 valence electrons. The molecular formula is C22H29N3O4S. The second kappa shape index (κ2) is 8.53. The van der Waals surface area contributed by atoms with Gasteiger partial charge in [-0.25, -0.2) is 8.42 Å². The number of nitrogens with zero attached hydrogens (tertiary/aromatic N) is 3. The van der Waals surface area contributed by atoms with Crippen molar-refractivity contribution in [1.82, 2.24) is 14.1 Å². The first-order valence-corrected chi connectivity index (χ1v) is 11.9. The Morgan fingerprint density at radius 2 is 1.83 bits per heavy atom. The van der Waals surface area contributed by atoms with Gasteiger partial charge in [0.25, 0.3) is 0 Å². The molecule has 2 heterocycles. The summed E-state index contributed by atoms with van der Waals surface area (Å²) in [6, 6.07) is 9.45. The number of hydrogen-bond acceptors (Lipinski definition) is 5. The molecule has 2 fully saturated rings. The summed E-state index contributed by atoms with van der Waals surface area (Å²) in [6.07, 6.45) is 3.86. The van der Waals surface area contributed by atoms with Crippen LogP contribution in [-0.2, 0) is 21.4 Å². The molecule has 2 aliphatic rings. The number of rotatable bonds is 7. The lowest BCUT2D eigenvalue weighted by atomic mass is 10.1. The van der Waals surface area contributed by atoms with Crippen molar-refractivity contribution in [3.05, 3.63) is 53.5 Å². The number of carbonyl (C=O) groups is 1. The molecule has 1 aromatic heterocycles. The van der Waals surface area contributed by atoms with E-state index in [0.29, 0.717) is 50.2 Å². The number of sulfonamides is 1. The summed E-state index contributed by atoms with van der Waals surface area (Å²) in [5, 5.41) is 0. The molecule has 4 rings (SSSR count). The minimum atomic E-state index is -3.54. The lowest BCUT2D eigenvalue weighted by molar-refractivity contribution is -0.134. The third kappa shape index (κ3) is 4.61. The van der Waals surface area contributed by atoms with Gasteiger partial charge in [-0.3, -0.25) is 9.69 Å². The van der Waals surface area contributed by atoms with Gasteiger partial charge in [-0.1, -0.05) is 6.07 Å². The molecule has 1 aliphatic carbocycles. The highest BCUT2D eigenvalue weighted by atomic mass is 32.2. The molecule has 8 heteroatoms. The fraction of sp³-hybridized carbons (Fsp3) is 0.500. The van der Waals surface area contributed by atoms with Crippen molar-refractivity contribution >= 4 is 15.9 Å². The van der Waals surface area contributed by atoms with Crippen LogP contribution >= 0.6 is 0 Å². The predicted molar refractivity (Wildman–Crippen MR) is 113 cm³/mol. The molecule has 1 aromatic carbocycles. The van der Waals surface area contributed by atoms with E-state index in [9.17, 15) is 13.2 Å². The molecule has 7 nitrogen and oxygen atoms in total. The van der Waals surface area contributed by atoms with Gasteiger partial charge in [-0.2, -0.15) is 4.31 Å². The van der Waals surface area contributed by atoms with E-state index in [4.69, 9.17) is 4.42 Å². The van der Waals surface area contributed by atoms with Gasteiger partial charge < -0.3 is 9.32 Å². The number of hydrogen-bond donors (Lipinski definition) is 0. The van der Waals surface area contributed by atoms with E-state index in [0.717, 1.165) is 29.7 Å². The Bertz CT molecular complexity index is 991. The molecule has 1 aliphatic heterocycles. The minimum Gasteiger partial charge on any atom is -0.468 e. The largest absolute Gasteiger partial charge is 0.468 e. The monoisotopic (exact) mass is 431 g/mol. The van der Waals surface area contributed by atoms with Gasteiger partial charge in [-0.05, 0) is 62.1 Å². The molecule has 2 aromatic rings. The topological polar surface area (TPSA) is 74.1 Å². The first-order chi connectivity index (χ1) is 14.3. The van der Waals surface area contributed by atoms with Crippen LogP contribution in [0.25, 0.3) is 0 Å². The van der Waals surface area contributed by atoms with Crippen LogP contribution in [0.15, 0.2) is 45.9 Å². The highest BCUT2D eigenvalue weighted by molar-refractivity contribution is 7.89. The van der Waals surface area contributed by atoms with Gasteiger partial charge in [-0.15, -0.1) is 0 Å². The maximum atomic E-state index is 13.0. The lowest BCUT2D eigenvalue weighted by Gasteiger charge is -2.35. The standard InChI is InChI=1S/C22H29N3O4S/c1-17-5-8-21(14-18(17)2)30(27,28)25-11-9-23(10-12-25)22(26)16-24(19-6-7-19)15-20-4-3-13-29-20/h3-5,8,13-14,19H,6-7,9-12,15-16H2,1-2H3. The first kappa shape index (κ1) is 21.1. The van der Waals surface area contributed by atoms with Crippen LogP contribution in [0.1, 0.15) is 29.7 Å². The number of aryl methyl sites for hydroxylation is 2. The van der Waals surface area contributed by atoms with Crippen molar-refractivity contribution in [3.8, 4) is 0 Å². The third-order valence-corrected chi connectivity index (χ3v) is 7.94. The van der Waals surface area contributed by atoms with Crippen molar-refractivity contribution in [1.29, 1.82) is 0 Å². The third-order valence-electron chi connectivity index (χ3n) is 6.05. The molecule has 0 N–H and O–H groups in total. The number of carbonyl (C=O) groups excluding carboxylic acids is 1. The summed E-state index contributed by atoms with van der Waals surface area (Å²) in [7, 11) is -3.54. The van der Waals surface area contributed by atoms with Crippen LogP contribution in [0, 0.1) is 13.8 Å². The van der Waals surface area contributed by atoms with E-state index in [2.05, 4.69) is 4.90 Å². The van der Waals surface area contributed by atoms with Gasteiger partial charge in [0.15, 0.2) is 0 Å². The van der Waals surface area contributed by atoms with Crippen LogP contribution in [0.2, 0.25) is 0 Å². The number of benzene rings is 1. The molecule has 0 unspecified atom stereocenters. The maximum absolute atomic E-state index is 13.0. The fourth-order valence-electron chi connectivity index (χ4n) is 3.83. The van der Waals surface area contributed by atoms with Crippen molar-refractivity contribution in [2.24, 2.45) is 0 Å². The van der Waals surface area contributed by atoms with Crippen molar-refractivity contribution in [2.75, 3.05) is 32.7 Å². The van der Waals surface area contributed by atoms with Crippen LogP contribution in [0.3, 0.4) is 0 Å². The zero-order valence-corrected chi connectivity index (χ0v) is 18.4. The Hall–Kier alpha value is -2.16. The molecule has 0 bridgehead atoms. The SMILES string of the molecule is Cc1ccc(S(=O)(=O)N2CCN(C(=O)CN(Cc3ccco3)C3CC3)CC2)cc1C. The Balaban J connectivity index is 1.35. The zero-order valence-electron chi connectivity index (χ0n) is 17.6. The van der Waals surface area contributed by atoms with Crippen LogP contribution in [-0.4, -0.2) is 67.2 Å². The van der Waals surface area contributed by atoms with E-state index in [-0.39, 0.29) is 5.91 Å². The Kier molecular flexibility index (Phi) is 5.99. The molecule has 0 atom stereocenters. The molecular weight excluding hydrogens is 402 g/mol. The second-order valence-corrected chi connectivity index (χ2v) is 10.2.